The molecule has 180 valence electrons. The van der Waals surface area contributed by atoms with Gasteiger partial charge < -0.3 is 19.2 Å². The molecule has 2 aromatic rings. The summed E-state index contributed by atoms with van der Waals surface area (Å²) in [7, 11) is 0. The Labute approximate surface area is 187 Å². The van der Waals surface area contributed by atoms with E-state index < -0.39 is 12.1 Å². The molecule has 4 rings (SSSR count). The van der Waals surface area contributed by atoms with Gasteiger partial charge in [-0.05, 0) is 36.7 Å². The molecule has 0 radical (unpaired) electrons. The minimum Gasteiger partial charge on any atom is -0.475 e. The summed E-state index contributed by atoms with van der Waals surface area (Å²) < 4.78 is 56.3. The molecule has 2 atom stereocenters. The Kier molecular flexibility index (Phi) is 8.09. The van der Waals surface area contributed by atoms with Crippen molar-refractivity contribution in [1.29, 1.82) is 0 Å². The Morgan fingerprint density at radius 3 is 2.55 bits per heavy atom. The van der Waals surface area contributed by atoms with Gasteiger partial charge in [0.1, 0.15) is 5.82 Å². The van der Waals surface area contributed by atoms with Crippen LogP contribution in [-0.4, -0.2) is 65.3 Å². The summed E-state index contributed by atoms with van der Waals surface area (Å²) >= 11 is 0. The molecule has 0 aliphatic carbocycles. The number of amides is 1. The molecule has 0 bridgehead atoms. The van der Waals surface area contributed by atoms with E-state index in [0.717, 1.165) is 37.2 Å². The SMILES string of the molecule is O=C(O)C(F)(F)F.O=C1[C@@H]2CCN(Cc3ccoc3)C[C@@H]2OCCN1Cc1cccc(F)c1. The van der Waals surface area contributed by atoms with E-state index in [1.54, 1.807) is 18.6 Å². The van der Waals surface area contributed by atoms with Crippen LogP contribution in [0.15, 0.2) is 47.3 Å². The molecule has 1 N–H and O–H groups in total. The second-order valence-corrected chi connectivity index (χ2v) is 7.86. The van der Waals surface area contributed by atoms with Gasteiger partial charge in [-0.25, -0.2) is 9.18 Å². The highest BCUT2D eigenvalue weighted by molar-refractivity contribution is 5.80. The Morgan fingerprint density at radius 2 is 1.91 bits per heavy atom. The monoisotopic (exact) mass is 472 g/mol. The number of nitrogens with zero attached hydrogens (tertiary/aromatic N) is 2. The molecule has 7 nitrogen and oxygen atoms in total. The Morgan fingerprint density at radius 1 is 1.15 bits per heavy atom. The van der Waals surface area contributed by atoms with Gasteiger partial charge in [0.25, 0.3) is 0 Å². The van der Waals surface area contributed by atoms with E-state index in [9.17, 15) is 22.4 Å². The van der Waals surface area contributed by atoms with Crippen LogP contribution in [0.3, 0.4) is 0 Å². The standard InChI is InChI=1S/C20H23FN2O3.C2HF3O2/c21-17-3-1-2-15(10-17)12-23-7-9-26-19-13-22(6-4-18(19)20(23)24)11-16-5-8-25-14-16;3-2(4,5)1(6)7/h1-3,5,8,10,14,18-19H,4,6-7,9,11-13H2;(H,6,7)/t18-,19+;/m1./s1. The molecule has 1 amide bonds. The minimum absolute atomic E-state index is 0.0827. The van der Waals surface area contributed by atoms with Crippen molar-refractivity contribution in [3.63, 3.8) is 0 Å². The number of fused-ring (bicyclic) bond motifs is 1. The number of alkyl halides is 3. The third-order valence-corrected chi connectivity index (χ3v) is 5.46. The number of carboxylic acid groups (broad SMARTS) is 1. The van der Waals surface area contributed by atoms with E-state index in [2.05, 4.69) is 4.90 Å². The Balaban J connectivity index is 0.000000383. The first-order valence-electron chi connectivity index (χ1n) is 10.3. The number of furan rings is 1. The normalized spacial score (nSPS) is 21.6. The van der Waals surface area contributed by atoms with Gasteiger partial charge in [-0.1, -0.05) is 12.1 Å². The van der Waals surface area contributed by atoms with Gasteiger partial charge in [0.2, 0.25) is 5.91 Å². The zero-order valence-corrected chi connectivity index (χ0v) is 17.6. The third-order valence-electron chi connectivity index (χ3n) is 5.46. The van der Waals surface area contributed by atoms with Crippen molar-refractivity contribution >= 4 is 11.9 Å². The number of carbonyl (C=O) groups is 2. The lowest BCUT2D eigenvalue weighted by molar-refractivity contribution is -0.192. The van der Waals surface area contributed by atoms with Gasteiger partial charge in [-0.15, -0.1) is 0 Å². The van der Waals surface area contributed by atoms with Crippen LogP contribution >= 0.6 is 0 Å². The summed E-state index contributed by atoms with van der Waals surface area (Å²) in [5, 5.41) is 7.12. The fraction of sp³-hybridized carbons (Fsp3) is 0.455. The summed E-state index contributed by atoms with van der Waals surface area (Å²) in [4.78, 5) is 26.0. The van der Waals surface area contributed by atoms with Crippen LogP contribution in [0.4, 0.5) is 17.6 Å². The number of likely N-dealkylation sites (tertiary alicyclic amines) is 1. The number of hydrogen-bond acceptors (Lipinski definition) is 5. The van der Waals surface area contributed by atoms with E-state index in [-0.39, 0.29) is 23.7 Å². The molecule has 2 aliphatic heterocycles. The maximum Gasteiger partial charge on any atom is 0.490 e. The fourth-order valence-electron chi connectivity index (χ4n) is 3.89. The van der Waals surface area contributed by atoms with E-state index in [1.807, 2.05) is 17.0 Å². The van der Waals surface area contributed by atoms with Crippen LogP contribution in [0.25, 0.3) is 0 Å². The molecule has 1 aromatic heterocycles. The van der Waals surface area contributed by atoms with Crippen LogP contribution in [0.1, 0.15) is 17.5 Å². The number of aliphatic carboxylic acids is 1. The average Bonchev–Trinajstić information content (AvgIpc) is 3.20. The predicted octanol–water partition coefficient (Wildman–Crippen LogP) is 3.30. The predicted molar refractivity (Wildman–Crippen MR) is 107 cm³/mol. The lowest BCUT2D eigenvalue weighted by Crippen LogP contribution is -2.48. The van der Waals surface area contributed by atoms with Crippen molar-refractivity contribution in [2.75, 3.05) is 26.2 Å². The molecule has 0 saturated carbocycles. The summed E-state index contributed by atoms with van der Waals surface area (Å²) in [5.41, 5.74) is 1.95. The molecule has 2 aliphatic rings. The number of carboxylic acids is 1. The summed E-state index contributed by atoms with van der Waals surface area (Å²) in [5.74, 6) is -3.02. The van der Waals surface area contributed by atoms with E-state index in [1.165, 1.54) is 12.1 Å². The maximum absolute atomic E-state index is 13.4. The first kappa shape index (κ1) is 24.7. The highest BCUT2D eigenvalue weighted by Gasteiger charge is 2.39. The lowest BCUT2D eigenvalue weighted by Gasteiger charge is -2.37. The molecular weight excluding hydrogens is 448 g/mol. The quantitative estimate of drug-likeness (QED) is 0.688. The fourth-order valence-corrected chi connectivity index (χ4v) is 3.89. The molecule has 3 heterocycles. The van der Waals surface area contributed by atoms with E-state index in [0.29, 0.717) is 19.7 Å². The molecule has 0 unspecified atom stereocenters. The van der Waals surface area contributed by atoms with Gasteiger partial charge in [0, 0.05) is 31.7 Å². The second kappa shape index (κ2) is 10.8. The number of piperidine rings is 1. The number of carbonyl (C=O) groups excluding carboxylic acids is 1. The van der Waals surface area contributed by atoms with E-state index >= 15 is 0 Å². The van der Waals surface area contributed by atoms with Gasteiger partial charge in [0.15, 0.2) is 0 Å². The molecule has 0 spiro atoms. The van der Waals surface area contributed by atoms with Crippen LogP contribution < -0.4 is 0 Å². The molecule has 11 heteroatoms. The van der Waals surface area contributed by atoms with Crippen molar-refractivity contribution in [1.82, 2.24) is 9.80 Å². The van der Waals surface area contributed by atoms with Gasteiger partial charge >= 0.3 is 12.1 Å². The van der Waals surface area contributed by atoms with Gasteiger partial charge in [0.05, 0.1) is 31.2 Å². The largest absolute Gasteiger partial charge is 0.490 e. The molecular formula is C22H24F4N2O5. The van der Waals surface area contributed by atoms with Crippen molar-refractivity contribution in [3.8, 4) is 0 Å². The minimum atomic E-state index is -5.08. The molecule has 1 aromatic carbocycles. The molecule has 33 heavy (non-hydrogen) atoms. The Bertz CT molecular complexity index is 935. The van der Waals surface area contributed by atoms with Crippen LogP contribution in [0.2, 0.25) is 0 Å². The summed E-state index contributed by atoms with van der Waals surface area (Å²) in [6, 6.07) is 8.41. The van der Waals surface area contributed by atoms with Gasteiger partial charge in [-0.3, -0.25) is 9.69 Å². The zero-order valence-electron chi connectivity index (χ0n) is 17.6. The molecule has 2 saturated heterocycles. The first-order valence-corrected chi connectivity index (χ1v) is 10.3. The average molecular weight is 472 g/mol. The van der Waals surface area contributed by atoms with E-state index in [4.69, 9.17) is 19.1 Å². The third kappa shape index (κ3) is 7.03. The van der Waals surface area contributed by atoms with Crippen molar-refractivity contribution < 1.29 is 41.4 Å². The summed E-state index contributed by atoms with van der Waals surface area (Å²) in [6.07, 6.45) is -0.953. The van der Waals surface area contributed by atoms with Crippen molar-refractivity contribution in [2.24, 2.45) is 5.92 Å². The first-order chi connectivity index (χ1) is 15.6. The smallest absolute Gasteiger partial charge is 0.475 e. The number of rotatable bonds is 4. The van der Waals surface area contributed by atoms with Crippen LogP contribution in [-0.2, 0) is 27.4 Å². The maximum atomic E-state index is 13.4. The number of ether oxygens (including phenoxy) is 1. The highest BCUT2D eigenvalue weighted by atomic mass is 19.4. The van der Waals surface area contributed by atoms with Crippen LogP contribution in [0.5, 0.6) is 0 Å². The summed E-state index contributed by atoms with van der Waals surface area (Å²) in [6.45, 7) is 3.91. The van der Waals surface area contributed by atoms with Gasteiger partial charge in [-0.2, -0.15) is 13.2 Å². The van der Waals surface area contributed by atoms with Crippen molar-refractivity contribution in [3.05, 3.63) is 59.8 Å². The number of hydrogen-bond donors (Lipinski definition) is 1. The molecule has 2 fully saturated rings. The highest BCUT2D eigenvalue weighted by Crippen LogP contribution is 2.27. The number of benzene rings is 1. The second-order valence-electron chi connectivity index (χ2n) is 7.86. The zero-order chi connectivity index (χ0) is 24.0. The lowest BCUT2D eigenvalue weighted by atomic mass is 9.92. The van der Waals surface area contributed by atoms with Crippen molar-refractivity contribution in [2.45, 2.75) is 31.8 Å². The topological polar surface area (TPSA) is 83.2 Å². The van der Waals surface area contributed by atoms with Crippen LogP contribution in [0, 0.1) is 11.7 Å². The number of halogens is 4. The Hall–Kier alpha value is -2.92.